The van der Waals surface area contributed by atoms with Crippen LogP contribution in [0.1, 0.15) is 65.0 Å². The fraction of sp³-hybridized carbons (Fsp3) is 0.824. The Labute approximate surface area is 139 Å². The van der Waals surface area contributed by atoms with E-state index in [1.165, 1.54) is 0 Å². The van der Waals surface area contributed by atoms with Crippen molar-refractivity contribution in [2.45, 2.75) is 65.8 Å². The van der Waals surface area contributed by atoms with Gasteiger partial charge >= 0.3 is 6.03 Å². The predicted molar refractivity (Wildman–Crippen MR) is 91.4 cm³/mol. The van der Waals surface area contributed by atoms with Gasteiger partial charge in [-0.2, -0.15) is 5.10 Å². The lowest BCUT2D eigenvalue weighted by atomic mass is 9.93. The van der Waals surface area contributed by atoms with Gasteiger partial charge in [-0.3, -0.25) is 5.10 Å². The Morgan fingerprint density at radius 1 is 1.30 bits per heavy atom. The normalized spacial score (nSPS) is 16.4. The molecule has 0 saturated carbocycles. The molecule has 1 aliphatic heterocycles. The van der Waals surface area contributed by atoms with Crippen molar-refractivity contribution < 1.29 is 4.79 Å². The summed E-state index contributed by atoms with van der Waals surface area (Å²) in [6.45, 7) is 12.9. The maximum Gasteiger partial charge on any atom is 0.320 e. The van der Waals surface area contributed by atoms with Crippen molar-refractivity contribution in [2.75, 3.05) is 19.6 Å². The minimum absolute atomic E-state index is 0.183. The number of nitrogens with one attached hydrogen (secondary N) is 1. The Balaban J connectivity index is 1.84. The molecule has 130 valence electrons. The Morgan fingerprint density at radius 3 is 2.43 bits per heavy atom. The van der Waals surface area contributed by atoms with Crippen LogP contribution in [0.15, 0.2) is 0 Å². The Bertz CT molecular complexity index is 503. The molecule has 0 unspecified atom stereocenters. The molecule has 1 aromatic rings. The van der Waals surface area contributed by atoms with Crippen LogP contribution in [0.3, 0.4) is 0 Å². The minimum Gasteiger partial charge on any atom is -0.325 e. The second-order valence-electron chi connectivity index (χ2n) is 7.09. The van der Waals surface area contributed by atoms with Crippen LogP contribution in [0.2, 0.25) is 0 Å². The summed E-state index contributed by atoms with van der Waals surface area (Å²) in [6, 6.07) is 0.441. The monoisotopic (exact) mass is 321 g/mol. The molecule has 0 radical (unpaired) electrons. The lowest BCUT2D eigenvalue weighted by Gasteiger charge is -2.36. The number of hydrogen-bond donors (Lipinski definition) is 1. The smallest absolute Gasteiger partial charge is 0.320 e. The Hall–Kier alpha value is -1.59. The third-order valence-electron chi connectivity index (χ3n) is 4.64. The number of hydrogen-bond acceptors (Lipinski definition) is 3. The molecule has 23 heavy (non-hydrogen) atoms. The lowest BCUT2D eigenvalue weighted by Crippen LogP contribution is -2.49. The second kappa shape index (κ2) is 7.79. The zero-order valence-electron chi connectivity index (χ0n) is 15.2. The number of aromatic nitrogens is 3. The van der Waals surface area contributed by atoms with Crippen molar-refractivity contribution in [1.29, 1.82) is 0 Å². The molecule has 1 N–H and O–H groups in total. The summed E-state index contributed by atoms with van der Waals surface area (Å²) >= 11 is 0. The molecule has 1 fully saturated rings. The van der Waals surface area contributed by atoms with Gasteiger partial charge in [-0.05, 0) is 39.5 Å². The fourth-order valence-corrected chi connectivity index (χ4v) is 3.16. The van der Waals surface area contributed by atoms with E-state index in [-0.39, 0.29) is 12.1 Å². The van der Waals surface area contributed by atoms with Crippen LogP contribution in [0, 0.1) is 5.92 Å². The largest absolute Gasteiger partial charge is 0.325 e. The van der Waals surface area contributed by atoms with Crippen molar-refractivity contribution >= 4 is 6.03 Å². The first kappa shape index (κ1) is 17.8. The summed E-state index contributed by atoms with van der Waals surface area (Å²) in [6.07, 6.45) is 3.02. The highest BCUT2D eigenvalue weighted by atomic mass is 16.2. The lowest BCUT2D eigenvalue weighted by molar-refractivity contribution is 0.124. The molecule has 0 bridgehead atoms. The highest BCUT2D eigenvalue weighted by molar-refractivity contribution is 5.74. The third kappa shape index (κ3) is 4.45. The van der Waals surface area contributed by atoms with Crippen LogP contribution in [-0.4, -0.2) is 56.7 Å². The molecule has 0 atom stereocenters. The number of rotatable bonds is 5. The van der Waals surface area contributed by atoms with Gasteiger partial charge in [-0.1, -0.05) is 13.8 Å². The fourth-order valence-electron chi connectivity index (χ4n) is 3.16. The first-order valence-corrected chi connectivity index (χ1v) is 8.89. The van der Waals surface area contributed by atoms with Gasteiger partial charge in [-0.15, -0.1) is 0 Å². The van der Waals surface area contributed by atoms with Crippen LogP contribution in [0.5, 0.6) is 0 Å². The van der Waals surface area contributed by atoms with Crippen LogP contribution in [0.4, 0.5) is 4.79 Å². The number of piperidine rings is 1. The number of aromatic amines is 1. The number of nitrogens with zero attached hydrogens (tertiary/aromatic N) is 4. The van der Waals surface area contributed by atoms with Crippen LogP contribution in [-0.2, 0) is 6.42 Å². The average Bonchev–Trinajstić information content (AvgIpc) is 2.97. The van der Waals surface area contributed by atoms with Crippen molar-refractivity contribution in [1.82, 2.24) is 25.0 Å². The number of amides is 2. The average molecular weight is 321 g/mol. The SMILES string of the molecule is CCN(C(=O)N1CCC(Cc2nc(C(C)C)n[nH]2)CC1)C(C)C. The number of carbonyl (C=O) groups excluding carboxylic acids is 1. The molecule has 0 spiro atoms. The maximum atomic E-state index is 12.5. The van der Waals surface area contributed by atoms with E-state index in [1.807, 2.05) is 16.7 Å². The molecule has 2 amide bonds. The number of likely N-dealkylation sites (tertiary alicyclic amines) is 1. The number of urea groups is 1. The topological polar surface area (TPSA) is 65.1 Å². The standard InChI is InChI=1S/C17H31N5O/c1-6-22(13(4)5)17(23)21-9-7-14(8-10-21)11-15-18-16(12(2)3)20-19-15/h12-14H,6-11H2,1-5H3,(H,18,19,20). The molecule has 1 aromatic heterocycles. The summed E-state index contributed by atoms with van der Waals surface area (Å²) < 4.78 is 0. The highest BCUT2D eigenvalue weighted by Gasteiger charge is 2.27. The summed E-state index contributed by atoms with van der Waals surface area (Å²) in [4.78, 5) is 21.0. The Kier molecular flexibility index (Phi) is 6.02. The maximum absolute atomic E-state index is 12.5. The molecule has 1 aliphatic rings. The van der Waals surface area contributed by atoms with Gasteiger partial charge in [0.05, 0.1) is 0 Å². The molecular weight excluding hydrogens is 290 g/mol. The summed E-state index contributed by atoms with van der Waals surface area (Å²) in [5.74, 6) is 2.82. The van der Waals surface area contributed by atoms with E-state index in [9.17, 15) is 4.79 Å². The highest BCUT2D eigenvalue weighted by Crippen LogP contribution is 2.22. The van der Waals surface area contributed by atoms with Crippen molar-refractivity contribution in [3.8, 4) is 0 Å². The number of carbonyl (C=O) groups is 1. The summed E-state index contributed by atoms with van der Waals surface area (Å²) in [5.41, 5.74) is 0. The first-order chi connectivity index (χ1) is 10.9. The van der Waals surface area contributed by atoms with Gasteiger partial charge in [-0.25, -0.2) is 9.78 Å². The van der Waals surface area contributed by atoms with E-state index >= 15 is 0 Å². The van der Waals surface area contributed by atoms with Gasteiger partial charge in [0.2, 0.25) is 0 Å². The van der Waals surface area contributed by atoms with E-state index in [0.29, 0.717) is 11.8 Å². The van der Waals surface area contributed by atoms with E-state index in [2.05, 4.69) is 42.9 Å². The summed E-state index contributed by atoms with van der Waals surface area (Å²) in [7, 11) is 0. The van der Waals surface area contributed by atoms with E-state index in [4.69, 9.17) is 0 Å². The van der Waals surface area contributed by atoms with Gasteiger partial charge in [0, 0.05) is 38.0 Å². The van der Waals surface area contributed by atoms with Gasteiger partial charge in [0.15, 0.2) is 5.82 Å². The van der Waals surface area contributed by atoms with Crippen LogP contribution >= 0.6 is 0 Å². The molecule has 2 heterocycles. The minimum atomic E-state index is 0.183. The summed E-state index contributed by atoms with van der Waals surface area (Å²) in [5, 5.41) is 7.33. The molecule has 6 nitrogen and oxygen atoms in total. The Morgan fingerprint density at radius 2 is 1.96 bits per heavy atom. The predicted octanol–water partition coefficient (Wildman–Crippen LogP) is 3.03. The molecule has 1 saturated heterocycles. The molecule has 2 rings (SSSR count). The van der Waals surface area contributed by atoms with E-state index in [0.717, 1.165) is 50.5 Å². The van der Waals surface area contributed by atoms with Gasteiger partial charge in [0.25, 0.3) is 0 Å². The van der Waals surface area contributed by atoms with Gasteiger partial charge in [0.1, 0.15) is 5.82 Å². The second-order valence-corrected chi connectivity index (χ2v) is 7.09. The van der Waals surface area contributed by atoms with E-state index in [1.54, 1.807) is 0 Å². The zero-order valence-corrected chi connectivity index (χ0v) is 15.2. The van der Waals surface area contributed by atoms with Gasteiger partial charge < -0.3 is 9.80 Å². The molecule has 0 aliphatic carbocycles. The zero-order chi connectivity index (χ0) is 17.0. The molecule has 0 aromatic carbocycles. The molecular formula is C17H31N5O. The van der Waals surface area contributed by atoms with Crippen LogP contribution < -0.4 is 0 Å². The van der Waals surface area contributed by atoms with E-state index < -0.39 is 0 Å². The first-order valence-electron chi connectivity index (χ1n) is 8.89. The number of H-pyrrole nitrogens is 1. The van der Waals surface area contributed by atoms with Crippen LogP contribution in [0.25, 0.3) is 0 Å². The quantitative estimate of drug-likeness (QED) is 0.906. The van der Waals surface area contributed by atoms with Crippen molar-refractivity contribution in [3.63, 3.8) is 0 Å². The molecule has 6 heteroatoms. The third-order valence-corrected chi connectivity index (χ3v) is 4.64. The van der Waals surface area contributed by atoms with Crippen molar-refractivity contribution in [3.05, 3.63) is 11.6 Å². The van der Waals surface area contributed by atoms with Crippen molar-refractivity contribution in [2.24, 2.45) is 5.92 Å².